The molecule has 18 heteroatoms. The van der Waals surface area contributed by atoms with Crippen LogP contribution in [0.15, 0.2) is 180 Å². The maximum absolute atomic E-state index is 12.8. The van der Waals surface area contributed by atoms with E-state index in [1.807, 2.05) is 121 Å². The minimum atomic E-state index is -4.83. The summed E-state index contributed by atoms with van der Waals surface area (Å²) in [5.41, 5.74) is 3.57. The number of para-hydroxylation sites is 4. The molecule has 320 valence electrons. The van der Waals surface area contributed by atoms with Crippen LogP contribution in [0.5, 0.6) is 0 Å². The van der Waals surface area contributed by atoms with Gasteiger partial charge in [0.2, 0.25) is 11.9 Å². The van der Waals surface area contributed by atoms with Crippen LogP contribution in [-0.2, 0) is 20.2 Å². The van der Waals surface area contributed by atoms with Crippen LogP contribution in [0.1, 0.15) is 11.1 Å². The molecule has 8 rings (SSSR count). The van der Waals surface area contributed by atoms with Gasteiger partial charge in [-0.05, 0) is 83.9 Å². The highest BCUT2D eigenvalue weighted by molar-refractivity contribution is 7.86. The fraction of sp³-hybridized carbons (Fsp3) is 0. The van der Waals surface area contributed by atoms with E-state index in [1.54, 1.807) is 24.3 Å². The van der Waals surface area contributed by atoms with Gasteiger partial charge < -0.3 is 31.9 Å². The van der Waals surface area contributed by atoms with Crippen LogP contribution in [0, 0.1) is 0 Å². The molecule has 0 fully saturated rings. The van der Waals surface area contributed by atoms with E-state index in [0.29, 0.717) is 11.6 Å². The Balaban J connectivity index is 1.07. The maximum Gasteiger partial charge on any atom is 0.295 e. The third-order valence-electron chi connectivity index (χ3n) is 9.17. The molecule has 0 bridgehead atoms. The summed E-state index contributed by atoms with van der Waals surface area (Å²) in [5, 5.41) is 19.0. The van der Waals surface area contributed by atoms with E-state index in [-0.39, 0.29) is 46.0 Å². The molecule has 0 aliphatic rings. The Morgan fingerprint density at radius 3 is 0.922 bits per heavy atom. The number of aromatic nitrogens is 4. The molecule has 2 heterocycles. The van der Waals surface area contributed by atoms with Crippen molar-refractivity contribution < 1.29 is 25.9 Å². The van der Waals surface area contributed by atoms with Crippen LogP contribution in [0.4, 0.5) is 69.3 Å². The van der Waals surface area contributed by atoms with Crippen molar-refractivity contribution in [3.63, 3.8) is 0 Å². The second-order valence-corrected chi connectivity index (χ2v) is 16.7. The Morgan fingerprint density at radius 1 is 0.344 bits per heavy atom. The van der Waals surface area contributed by atoms with Crippen molar-refractivity contribution in [2.75, 3.05) is 31.9 Å². The Hall–Kier alpha value is -8.16. The first-order chi connectivity index (χ1) is 30.9. The third kappa shape index (κ3) is 11.4. The highest BCUT2D eigenvalue weighted by atomic mass is 32.2. The predicted octanol–water partition coefficient (Wildman–Crippen LogP) is 10.4. The van der Waals surface area contributed by atoms with Gasteiger partial charge in [0.1, 0.15) is 33.1 Å². The van der Waals surface area contributed by atoms with Gasteiger partial charge in [0, 0.05) is 46.3 Å². The van der Waals surface area contributed by atoms with Gasteiger partial charge in [-0.3, -0.25) is 9.11 Å². The highest BCUT2D eigenvalue weighted by Gasteiger charge is 2.19. The molecule has 8 aromatic rings. The van der Waals surface area contributed by atoms with Crippen molar-refractivity contribution in [3.05, 3.63) is 181 Å². The van der Waals surface area contributed by atoms with Gasteiger partial charge in [0.15, 0.2) is 0 Å². The number of benzene rings is 6. The highest BCUT2D eigenvalue weighted by Crippen LogP contribution is 2.31. The smallest absolute Gasteiger partial charge is 0.295 e. The molecule has 0 unspecified atom stereocenters. The van der Waals surface area contributed by atoms with E-state index in [1.165, 1.54) is 36.4 Å². The lowest BCUT2D eigenvalue weighted by molar-refractivity contribution is 0.480. The van der Waals surface area contributed by atoms with Crippen molar-refractivity contribution in [3.8, 4) is 0 Å². The van der Waals surface area contributed by atoms with Crippen LogP contribution in [0.25, 0.3) is 12.2 Å². The summed E-state index contributed by atoms with van der Waals surface area (Å²) in [6.07, 6.45) is 2.62. The van der Waals surface area contributed by atoms with Crippen LogP contribution in [-0.4, -0.2) is 45.9 Å². The zero-order valence-corrected chi connectivity index (χ0v) is 35.1. The quantitative estimate of drug-likeness (QED) is 0.0333. The van der Waals surface area contributed by atoms with Crippen LogP contribution < -0.4 is 31.9 Å². The maximum atomic E-state index is 12.8. The monoisotopic (exact) mass is 890 g/mol. The van der Waals surface area contributed by atoms with Crippen LogP contribution in [0.3, 0.4) is 0 Å². The molecule has 0 spiro atoms. The van der Waals surface area contributed by atoms with E-state index in [9.17, 15) is 25.9 Å². The summed E-state index contributed by atoms with van der Waals surface area (Å²) in [7, 11) is -9.65. The van der Waals surface area contributed by atoms with E-state index in [2.05, 4.69) is 51.8 Å². The van der Waals surface area contributed by atoms with Crippen LogP contribution >= 0.6 is 0 Å². The summed E-state index contributed by atoms with van der Waals surface area (Å²) < 4.78 is 71.7. The predicted molar refractivity (Wildman–Crippen MR) is 251 cm³/mol. The fourth-order valence-electron chi connectivity index (χ4n) is 6.32. The van der Waals surface area contributed by atoms with E-state index >= 15 is 0 Å². The molecular formula is C46H38N10O6S2. The molecule has 0 saturated heterocycles. The first-order valence-electron chi connectivity index (χ1n) is 19.4. The Bertz CT molecular complexity index is 2840. The molecule has 8 N–H and O–H groups in total. The molecule has 2 aromatic heterocycles. The number of anilines is 12. The van der Waals surface area contributed by atoms with Gasteiger partial charge in [-0.15, -0.1) is 0 Å². The first kappa shape index (κ1) is 42.5. The fourth-order valence-corrected chi connectivity index (χ4v) is 7.74. The lowest BCUT2D eigenvalue weighted by Crippen LogP contribution is -2.06. The molecule has 16 nitrogen and oxygen atoms in total. The molecule has 0 radical (unpaired) electrons. The molecule has 64 heavy (non-hydrogen) atoms. The number of nitrogens with zero attached hydrogens (tertiary/aromatic N) is 4. The topological polar surface area (TPSA) is 232 Å². The van der Waals surface area contributed by atoms with Gasteiger partial charge in [-0.1, -0.05) is 97.1 Å². The van der Waals surface area contributed by atoms with Crippen molar-refractivity contribution in [2.24, 2.45) is 0 Å². The third-order valence-corrected chi connectivity index (χ3v) is 11.0. The molecule has 0 amide bonds. The number of hydrogen-bond donors (Lipinski definition) is 8. The van der Waals surface area contributed by atoms with Crippen molar-refractivity contribution in [2.45, 2.75) is 9.79 Å². The number of nitrogens with one attached hydrogen (secondary N) is 6. The standard InChI is InChI=1S/C46H38N10O6S2/c57-63(58,59)39-27-37(49-43-29-41(47-33-13-5-1-6-14-33)53-45(55-43)51-35-17-9-3-10-18-35)25-23-31(39)21-22-32-24-26-38(28-40(32)64(60,61)62)50-44-30-42(48-34-15-7-2-8-16-34)54-46(56-44)52-36-19-11-4-12-20-36/h1-30H,(H,57,58,59)(H,60,61,62)(H3,47,49,51,53,55)(H3,48,50,52,54,56). The molecule has 0 aliphatic heterocycles. The molecular weight excluding hydrogens is 853 g/mol. The first-order valence-corrected chi connectivity index (χ1v) is 22.3. The van der Waals surface area contributed by atoms with Gasteiger partial charge in [-0.25, -0.2) is 0 Å². The Morgan fingerprint density at radius 2 is 0.625 bits per heavy atom. The summed E-state index contributed by atoms with van der Waals surface area (Å²) in [6.45, 7) is 0. The summed E-state index contributed by atoms with van der Waals surface area (Å²) in [5.74, 6) is 1.92. The van der Waals surface area contributed by atoms with Crippen LogP contribution in [0.2, 0.25) is 0 Å². The minimum absolute atomic E-state index is 0.0231. The Labute approximate surface area is 368 Å². The minimum Gasteiger partial charge on any atom is -0.340 e. The molecule has 6 aromatic carbocycles. The number of rotatable bonds is 16. The van der Waals surface area contributed by atoms with Gasteiger partial charge in [0.05, 0.1) is 0 Å². The lowest BCUT2D eigenvalue weighted by atomic mass is 10.1. The summed E-state index contributed by atoms with van der Waals surface area (Å²) >= 11 is 0. The SMILES string of the molecule is O=S(=O)(O)c1cc(Nc2cc(Nc3ccccc3)nc(Nc3ccccc3)n2)ccc1C=Cc1ccc(Nc2cc(Nc3ccccc3)nc(Nc3ccccc3)n2)cc1S(=O)(=O)O. The molecule has 0 aliphatic carbocycles. The second-order valence-electron chi connectivity index (χ2n) is 13.9. The Kier molecular flexibility index (Phi) is 12.5. The lowest BCUT2D eigenvalue weighted by Gasteiger charge is -2.14. The number of hydrogen-bond acceptors (Lipinski definition) is 14. The van der Waals surface area contributed by atoms with Gasteiger partial charge in [-0.2, -0.15) is 36.8 Å². The summed E-state index contributed by atoms with van der Waals surface area (Å²) in [6, 6.07) is 49.0. The average molecular weight is 891 g/mol. The molecule has 0 saturated carbocycles. The molecule has 0 atom stereocenters. The van der Waals surface area contributed by atoms with Gasteiger partial charge >= 0.3 is 0 Å². The van der Waals surface area contributed by atoms with Crippen molar-refractivity contribution in [1.29, 1.82) is 0 Å². The zero-order chi connectivity index (χ0) is 44.5. The second kappa shape index (κ2) is 18.8. The van der Waals surface area contributed by atoms with E-state index < -0.39 is 30.0 Å². The largest absolute Gasteiger partial charge is 0.340 e. The van der Waals surface area contributed by atoms with E-state index in [4.69, 9.17) is 0 Å². The van der Waals surface area contributed by atoms with Gasteiger partial charge in [0.25, 0.3) is 20.2 Å². The van der Waals surface area contributed by atoms with Crippen molar-refractivity contribution in [1.82, 2.24) is 19.9 Å². The average Bonchev–Trinajstić information content (AvgIpc) is 3.27. The zero-order valence-electron chi connectivity index (χ0n) is 33.5. The normalized spacial score (nSPS) is 11.5. The van der Waals surface area contributed by atoms with Crippen molar-refractivity contribution >= 4 is 102 Å². The summed E-state index contributed by atoms with van der Waals surface area (Å²) in [4.78, 5) is 17.3. The van der Waals surface area contributed by atoms with E-state index in [0.717, 1.165) is 22.7 Å².